The van der Waals surface area contributed by atoms with E-state index in [-0.39, 0.29) is 0 Å². The molecule has 0 atom stereocenters. The fourth-order valence-electron chi connectivity index (χ4n) is 2.33. The van der Waals surface area contributed by atoms with Crippen molar-refractivity contribution >= 4 is 11.8 Å². The standard InChI is InChI=1S/C10H18S/c1-2-4-6-10(7-5-3-1)8-11-9-10/h1-9H2. The fourth-order valence-corrected chi connectivity index (χ4v) is 3.69. The van der Waals surface area contributed by atoms with Crippen LogP contribution < -0.4 is 0 Å². The number of hydrogen-bond acceptors (Lipinski definition) is 1. The van der Waals surface area contributed by atoms with Crippen molar-refractivity contribution in [3.63, 3.8) is 0 Å². The van der Waals surface area contributed by atoms with Gasteiger partial charge < -0.3 is 0 Å². The highest BCUT2D eigenvalue weighted by Crippen LogP contribution is 2.47. The monoisotopic (exact) mass is 170 g/mol. The van der Waals surface area contributed by atoms with E-state index in [1.807, 2.05) is 0 Å². The number of hydrogen-bond donors (Lipinski definition) is 0. The molecule has 1 aliphatic carbocycles. The molecule has 0 aromatic carbocycles. The summed E-state index contributed by atoms with van der Waals surface area (Å²) in [7, 11) is 0. The highest BCUT2D eigenvalue weighted by Gasteiger charge is 2.36. The summed E-state index contributed by atoms with van der Waals surface area (Å²) in [6.45, 7) is 0. The molecule has 11 heavy (non-hydrogen) atoms. The lowest BCUT2D eigenvalue weighted by Crippen LogP contribution is -2.35. The Hall–Kier alpha value is 0.350. The second kappa shape index (κ2) is 3.38. The van der Waals surface area contributed by atoms with Crippen molar-refractivity contribution in [2.75, 3.05) is 11.5 Å². The normalized spacial score (nSPS) is 30.5. The van der Waals surface area contributed by atoms with Gasteiger partial charge in [-0.2, -0.15) is 11.8 Å². The van der Waals surface area contributed by atoms with Crippen molar-refractivity contribution in [1.29, 1.82) is 0 Å². The van der Waals surface area contributed by atoms with Crippen molar-refractivity contribution in [2.45, 2.75) is 44.9 Å². The van der Waals surface area contributed by atoms with E-state index in [0.717, 1.165) is 5.41 Å². The Balaban J connectivity index is 1.86. The van der Waals surface area contributed by atoms with Gasteiger partial charge in [0.05, 0.1) is 0 Å². The summed E-state index contributed by atoms with van der Waals surface area (Å²) in [6, 6.07) is 0. The minimum Gasteiger partial charge on any atom is -0.161 e. The van der Waals surface area contributed by atoms with E-state index in [0.29, 0.717) is 0 Å². The molecular formula is C10H18S. The van der Waals surface area contributed by atoms with Gasteiger partial charge in [-0.25, -0.2) is 0 Å². The van der Waals surface area contributed by atoms with Gasteiger partial charge >= 0.3 is 0 Å². The van der Waals surface area contributed by atoms with E-state index in [1.54, 1.807) is 12.8 Å². The molecule has 64 valence electrons. The fraction of sp³-hybridized carbons (Fsp3) is 1.00. The van der Waals surface area contributed by atoms with E-state index >= 15 is 0 Å². The summed E-state index contributed by atoms with van der Waals surface area (Å²) >= 11 is 2.16. The third-order valence-corrected chi connectivity index (χ3v) is 4.86. The highest BCUT2D eigenvalue weighted by atomic mass is 32.2. The molecule has 1 aliphatic heterocycles. The molecule has 1 saturated carbocycles. The lowest BCUT2D eigenvalue weighted by atomic mass is 9.79. The molecule has 2 aliphatic rings. The van der Waals surface area contributed by atoms with Crippen LogP contribution in [0.3, 0.4) is 0 Å². The van der Waals surface area contributed by atoms with Crippen molar-refractivity contribution in [1.82, 2.24) is 0 Å². The van der Waals surface area contributed by atoms with Crippen molar-refractivity contribution < 1.29 is 0 Å². The zero-order valence-corrected chi connectivity index (χ0v) is 8.09. The molecule has 2 fully saturated rings. The maximum atomic E-state index is 2.16. The van der Waals surface area contributed by atoms with Crippen LogP contribution in [0.2, 0.25) is 0 Å². The van der Waals surface area contributed by atoms with Gasteiger partial charge in [-0.3, -0.25) is 0 Å². The van der Waals surface area contributed by atoms with E-state index in [9.17, 15) is 0 Å². The van der Waals surface area contributed by atoms with Gasteiger partial charge in [0.25, 0.3) is 0 Å². The maximum Gasteiger partial charge on any atom is -0.000269 e. The smallest absolute Gasteiger partial charge is 0.000269 e. The molecule has 1 heterocycles. The van der Waals surface area contributed by atoms with Crippen LogP contribution in [0.25, 0.3) is 0 Å². The molecule has 0 radical (unpaired) electrons. The van der Waals surface area contributed by atoms with Crippen molar-refractivity contribution in [2.24, 2.45) is 5.41 Å². The quantitative estimate of drug-likeness (QED) is 0.536. The minimum atomic E-state index is 0.838. The molecular weight excluding hydrogens is 152 g/mol. The van der Waals surface area contributed by atoms with Gasteiger partial charge in [0.15, 0.2) is 0 Å². The molecule has 0 unspecified atom stereocenters. The van der Waals surface area contributed by atoms with Crippen LogP contribution in [0.4, 0.5) is 0 Å². The molecule has 1 heteroatoms. The third-order valence-electron chi connectivity index (χ3n) is 3.23. The molecule has 1 spiro atoms. The maximum absolute atomic E-state index is 2.16. The van der Waals surface area contributed by atoms with Crippen LogP contribution in [0.5, 0.6) is 0 Å². The first-order valence-electron chi connectivity index (χ1n) is 4.99. The van der Waals surface area contributed by atoms with Crippen molar-refractivity contribution in [3.8, 4) is 0 Å². The third kappa shape index (κ3) is 1.74. The molecule has 1 saturated heterocycles. The molecule has 2 rings (SSSR count). The van der Waals surface area contributed by atoms with Crippen molar-refractivity contribution in [3.05, 3.63) is 0 Å². The molecule has 0 aromatic heterocycles. The van der Waals surface area contributed by atoms with Gasteiger partial charge in [0, 0.05) is 0 Å². The molecule has 0 nitrogen and oxygen atoms in total. The largest absolute Gasteiger partial charge is 0.161 e. The molecule has 0 aromatic rings. The van der Waals surface area contributed by atoms with Crippen LogP contribution in [-0.4, -0.2) is 11.5 Å². The van der Waals surface area contributed by atoms with Gasteiger partial charge in [-0.05, 0) is 29.8 Å². The van der Waals surface area contributed by atoms with Gasteiger partial charge in [0.2, 0.25) is 0 Å². The first kappa shape index (κ1) is 7.97. The lowest BCUT2D eigenvalue weighted by molar-refractivity contribution is 0.263. The Kier molecular flexibility index (Phi) is 2.45. The first-order valence-corrected chi connectivity index (χ1v) is 6.15. The average Bonchev–Trinajstić information content (AvgIpc) is 1.82. The Morgan fingerprint density at radius 1 is 0.727 bits per heavy atom. The highest BCUT2D eigenvalue weighted by molar-refractivity contribution is 8.00. The predicted octanol–water partition coefficient (Wildman–Crippen LogP) is 3.46. The molecule has 0 N–H and O–H groups in total. The first-order chi connectivity index (χ1) is 5.41. The summed E-state index contributed by atoms with van der Waals surface area (Å²) in [6.07, 6.45) is 10.6. The van der Waals surface area contributed by atoms with E-state index < -0.39 is 0 Å². The lowest BCUT2D eigenvalue weighted by Gasteiger charge is -2.42. The summed E-state index contributed by atoms with van der Waals surface area (Å²) in [5, 5.41) is 0. The van der Waals surface area contributed by atoms with E-state index in [2.05, 4.69) is 11.8 Å². The summed E-state index contributed by atoms with van der Waals surface area (Å²) < 4.78 is 0. The van der Waals surface area contributed by atoms with Gasteiger partial charge in [-0.1, -0.05) is 32.1 Å². The Morgan fingerprint density at radius 3 is 1.73 bits per heavy atom. The zero-order valence-electron chi connectivity index (χ0n) is 7.27. The Bertz CT molecular complexity index is 117. The van der Waals surface area contributed by atoms with E-state index in [4.69, 9.17) is 0 Å². The van der Waals surface area contributed by atoms with Crippen LogP contribution >= 0.6 is 11.8 Å². The topological polar surface area (TPSA) is 0 Å². The van der Waals surface area contributed by atoms with Gasteiger partial charge in [-0.15, -0.1) is 0 Å². The average molecular weight is 170 g/mol. The second-order valence-electron chi connectivity index (χ2n) is 4.26. The summed E-state index contributed by atoms with van der Waals surface area (Å²) in [5.41, 5.74) is 0.838. The van der Waals surface area contributed by atoms with Gasteiger partial charge in [0.1, 0.15) is 0 Å². The van der Waals surface area contributed by atoms with E-state index in [1.165, 1.54) is 43.6 Å². The predicted molar refractivity (Wildman–Crippen MR) is 52.1 cm³/mol. The SMILES string of the molecule is C1CCCC2(CCC1)CSC2. The van der Waals surface area contributed by atoms with Crippen LogP contribution in [0.15, 0.2) is 0 Å². The number of rotatable bonds is 0. The Morgan fingerprint density at radius 2 is 1.27 bits per heavy atom. The Labute approximate surface area is 74.1 Å². The second-order valence-corrected chi connectivity index (χ2v) is 5.25. The summed E-state index contributed by atoms with van der Waals surface area (Å²) in [4.78, 5) is 0. The summed E-state index contributed by atoms with van der Waals surface area (Å²) in [5.74, 6) is 2.96. The molecule has 0 amide bonds. The van der Waals surface area contributed by atoms with Crippen LogP contribution in [0, 0.1) is 5.41 Å². The van der Waals surface area contributed by atoms with Crippen LogP contribution in [0.1, 0.15) is 44.9 Å². The zero-order chi connectivity index (χ0) is 7.57. The minimum absolute atomic E-state index is 0.838. The van der Waals surface area contributed by atoms with Crippen LogP contribution in [-0.2, 0) is 0 Å². The molecule has 0 bridgehead atoms. The number of thioether (sulfide) groups is 1.